The summed E-state index contributed by atoms with van der Waals surface area (Å²) in [5, 5.41) is 2.15. The average molecular weight is 440 g/mol. The third-order valence-corrected chi connectivity index (χ3v) is 5.93. The number of aryl methyl sites for hydroxylation is 2. The Kier molecular flexibility index (Phi) is 4.81. The first-order valence-corrected chi connectivity index (χ1v) is 11.2. The minimum atomic E-state index is 0.560. The van der Waals surface area contributed by atoms with E-state index in [4.69, 9.17) is 19.9 Å². The molecule has 0 saturated heterocycles. The first-order chi connectivity index (χ1) is 16.7. The van der Waals surface area contributed by atoms with Gasteiger partial charge in [-0.2, -0.15) is 0 Å². The number of pyridine rings is 3. The number of benzene rings is 2. The molecule has 0 saturated carbocycles. The van der Waals surface area contributed by atoms with Crippen LogP contribution in [0.5, 0.6) is 0 Å². The van der Waals surface area contributed by atoms with E-state index in [9.17, 15) is 0 Å². The number of aromatic nitrogens is 5. The molecule has 0 bridgehead atoms. The molecule has 0 amide bonds. The number of hydrogen-bond donors (Lipinski definition) is 0. The normalized spacial score (nSPS) is 11.2. The summed E-state index contributed by atoms with van der Waals surface area (Å²) in [5.41, 5.74) is 8.03. The fourth-order valence-electron chi connectivity index (χ4n) is 4.29. The first-order valence-electron chi connectivity index (χ1n) is 11.2. The highest BCUT2D eigenvalue weighted by Crippen LogP contribution is 2.29. The van der Waals surface area contributed by atoms with Gasteiger partial charge in [-0.1, -0.05) is 54.6 Å². The van der Waals surface area contributed by atoms with E-state index in [1.54, 1.807) is 6.20 Å². The molecule has 0 atom stereocenters. The average Bonchev–Trinajstić information content (AvgIpc) is 2.89. The van der Waals surface area contributed by atoms with Gasteiger partial charge in [0.1, 0.15) is 5.69 Å². The fourth-order valence-corrected chi connectivity index (χ4v) is 4.29. The third-order valence-electron chi connectivity index (χ3n) is 5.93. The third kappa shape index (κ3) is 3.57. The van der Waals surface area contributed by atoms with Crippen molar-refractivity contribution >= 4 is 21.8 Å². The molecule has 5 heteroatoms. The molecular formula is C29H21N5. The molecule has 4 heterocycles. The zero-order valence-electron chi connectivity index (χ0n) is 18.9. The lowest BCUT2D eigenvalue weighted by atomic mass is 10.1. The Labute approximate surface area is 197 Å². The molecule has 4 aromatic heterocycles. The molecule has 0 spiro atoms. The van der Waals surface area contributed by atoms with Crippen LogP contribution >= 0.6 is 0 Å². The van der Waals surface area contributed by atoms with Crippen molar-refractivity contribution in [1.29, 1.82) is 0 Å². The smallest absolute Gasteiger partial charge is 0.179 e. The van der Waals surface area contributed by atoms with E-state index < -0.39 is 0 Å². The van der Waals surface area contributed by atoms with Crippen LogP contribution in [0.25, 0.3) is 56.0 Å². The predicted octanol–water partition coefficient (Wildman–Crippen LogP) is 6.59. The van der Waals surface area contributed by atoms with Gasteiger partial charge in [0.05, 0.1) is 28.1 Å². The van der Waals surface area contributed by atoms with E-state index in [2.05, 4.69) is 36.2 Å². The van der Waals surface area contributed by atoms with E-state index in [1.807, 2.05) is 67.6 Å². The Bertz CT molecular complexity index is 1600. The monoisotopic (exact) mass is 439 g/mol. The molecule has 0 aliphatic heterocycles. The maximum absolute atomic E-state index is 5.02. The molecular weight excluding hydrogens is 418 g/mol. The summed E-state index contributed by atoms with van der Waals surface area (Å²) in [6, 6.07) is 28.3. The van der Waals surface area contributed by atoms with Crippen LogP contribution in [-0.4, -0.2) is 24.9 Å². The highest BCUT2D eigenvalue weighted by Gasteiger charge is 2.14. The van der Waals surface area contributed by atoms with Gasteiger partial charge in [0, 0.05) is 28.2 Å². The van der Waals surface area contributed by atoms with E-state index in [1.165, 1.54) is 5.56 Å². The molecule has 2 aromatic carbocycles. The van der Waals surface area contributed by atoms with Crippen molar-refractivity contribution in [1.82, 2.24) is 24.9 Å². The SMILES string of the molecule is Cc1cc(C)c2ccc3ccc(-c4nc(-c5ccccc5)cc(-c5ccccn5)n4)nc3c2n1. The molecule has 0 fully saturated rings. The van der Waals surface area contributed by atoms with E-state index >= 15 is 0 Å². The maximum Gasteiger partial charge on any atom is 0.179 e. The Balaban J connectivity index is 1.60. The summed E-state index contributed by atoms with van der Waals surface area (Å²) in [5.74, 6) is 0.560. The lowest BCUT2D eigenvalue weighted by Crippen LogP contribution is -1.99. The van der Waals surface area contributed by atoms with Gasteiger partial charge in [0.2, 0.25) is 0 Å². The zero-order chi connectivity index (χ0) is 23.1. The van der Waals surface area contributed by atoms with E-state index in [0.717, 1.165) is 50.1 Å². The van der Waals surface area contributed by atoms with Gasteiger partial charge < -0.3 is 0 Å². The largest absolute Gasteiger partial charge is 0.255 e. The second-order valence-electron chi connectivity index (χ2n) is 8.35. The van der Waals surface area contributed by atoms with Crippen molar-refractivity contribution in [3.05, 3.63) is 102 Å². The molecule has 0 radical (unpaired) electrons. The molecule has 0 N–H and O–H groups in total. The summed E-state index contributed by atoms with van der Waals surface area (Å²) >= 11 is 0. The molecule has 0 unspecified atom stereocenters. The topological polar surface area (TPSA) is 64.5 Å². The van der Waals surface area contributed by atoms with Crippen LogP contribution in [0, 0.1) is 13.8 Å². The zero-order valence-corrected chi connectivity index (χ0v) is 18.9. The highest BCUT2D eigenvalue weighted by atomic mass is 14.9. The number of fused-ring (bicyclic) bond motifs is 3. The Morgan fingerprint density at radius 3 is 2.18 bits per heavy atom. The van der Waals surface area contributed by atoms with Crippen LogP contribution in [0.1, 0.15) is 11.3 Å². The second-order valence-corrected chi connectivity index (χ2v) is 8.35. The molecule has 6 aromatic rings. The van der Waals surface area contributed by atoms with Crippen LogP contribution in [0.2, 0.25) is 0 Å². The standard InChI is InChI=1S/C29H21N5/c1-18-16-19(2)31-28-22(18)13-11-21-12-14-24(32-27(21)28)29-33-25(20-8-4-3-5-9-20)17-26(34-29)23-10-6-7-15-30-23/h3-17H,1-2H3. The van der Waals surface area contributed by atoms with Crippen molar-refractivity contribution < 1.29 is 0 Å². The first kappa shape index (κ1) is 20.1. The molecule has 5 nitrogen and oxygen atoms in total. The summed E-state index contributed by atoms with van der Waals surface area (Å²) in [6.07, 6.45) is 1.77. The predicted molar refractivity (Wildman–Crippen MR) is 136 cm³/mol. The number of hydrogen-bond acceptors (Lipinski definition) is 5. The minimum absolute atomic E-state index is 0.560. The molecule has 34 heavy (non-hydrogen) atoms. The summed E-state index contributed by atoms with van der Waals surface area (Å²) in [7, 11) is 0. The van der Waals surface area contributed by atoms with Crippen LogP contribution in [-0.2, 0) is 0 Å². The summed E-state index contributed by atoms with van der Waals surface area (Å²) < 4.78 is 0. The Morgan fingerprint density at radius 1 is 0.559 bits per heavy atom. The molecule has 0 aliphatic carbocycles. The Hall–Kier alpha value is -4.51. The van der Waals surface area contributed by atoms with Crippen LogP contribution < -0.4 is 0 Å². The van der Waals surface area contributed by atoms with Crippen LogP contribution in [0.3, 0.4) is 0 Å². The molecule has 6 rings (SSSR count). The van der Waals surface area contributed by atoms with Gasteiger partial charge in [-0.05, 0) is 49.7 Å². The maximum atomic E-state index is 5.02. The Morgan fingerprint density at radius 2 is 1.35 bits per heavy atom. The van der Waals surface area contributed by atoms with Gasteiger partial charge in [-0.25, -0.2) is 15.0 Å². The number of nitrogens with zero attached hydrogens (tertiary/aromatic N) is 5. The summed E-state index contributed by atoms with van der Waals surface area (Å²) in [4.78, 5) is 24.1. The van der Waals surface area contributed by atoms with Crippen molar-refractivity contribution in [2.24, 2.45) is 0 Å². The highest BCUT2D eigenvalue weighted by molar-refractivity contribution is 6.04. The number of rotatable bonds is 3. The van der Waals surface area contributed by atoms with Gasteiger partial charge >= 0.3 is 0 Å². The fraction of sp³-hybridized carbons (Fsp3) is 0.0690. The van der Waals surface area contributed by atoms with E-state index in [-0.39, 0.29) is 0 Å². The lowest BCUT2D eigenvalue weighted by Gasteiger charge is -2.10. The minimum Gasteiger partial charge on any atom is -0.255 e. The van der Waals surface area contributed by atoms with Crippen molar-refractivity contribution in [2.45, 2.75) is 13.8 Å². The van der Waals surface area contributed by atoms with Crippen molar-refractivity contribution in [2.75, 3.05) is 0 Å². The lowest BCUT2D eigenvalue weighted by molar-refractivity contribution is 1.14. The van der Waals surface area contributed by atoms with Crippen LogP contribution in [0.4, 0.5) is 0 Å². The quantitative estimate of drug-likeness (QED) is 0.291. The van der Waals surface area contributed by atoms with Crippen LogP contribution in [0.15, 0.2) is 91.1 Å². The second kappa shape index (κ2) is 8.12. The van der Waals surface area contributed by atoms with Crippen molar-refractivity contribution in [3.63, 3.8) is 0 Å². The van der Waals surface area contributed by atoms with Gasteiger partial charge in [0.15, 0.2) is 5.82 Å². The van der Waals surface area contributed by atoms with Gasteiger partial charge in [-0.15, -0.1) is 0 Å². The van der Waals surface area contributed by atoms with E-state index in [0.29, 0.717) is 11.5 Å². The van der Waals surface area contributed by atoms with Gasteiger partial charge in [-0.3, -0.25) is 9.97 Å². The van der Waals surface area contributed by atoms with Crippen molar-refractivity contribution in [3.8, 4) is 34.2 Å². The summed E-state index contributed by atoms with van der Waals surface area (Å²) in [6.45, 7) is 4.12. The van der Waals surface area contributed by atoms with Gasteiger partial charge in [0.25, 0.3) is 0 Å². The molecule has 0 aliphatic rings. The molecule has 162 valence electrons.